The minimum Gasteiger partial charge on any atom is -0.357 e. The molecule has 116 valence electrons. The molecule has 0 aliphatic rings. The van der Waals surface area contributed by atoms with Gasteiger partial charge in [-0.3, -0.25) is 20.2 Å². The van der Waals surface area contributed by atoms with Gasteiger partial charge in [0.15, 0.2) is 0 Å². The van der Waals surface area contributed by atoms with Crippen molar-refractivity contribution in [1.82, 2.24) is 0 Å². The summed E-state index contributed by atoms with van der Waals surface area (Å²) in [6.45, 7) is 2.48. The molecule has 0 bridgehead atoms. The van der Waals surface area contributed by atoms with Crippen molar-refractivity contribution in [2.75, 3.05) is 0 Å². The van der Waals surface area contributed by atoms with Crippen molar-refractivity contribution in [3.8, 4) is 0 Å². The molecule has 1 aromatic carbocycles. The van der Waals surface area contributed by atoms with Crippen LogP contribution in [0.2, 0.25) is 0 Å². The topological polar surface area (TPSA) is 95.5 Å². The normalized spacial score (nSPS) is 17.0. The molecule has 0 aromatic heterocycles. The van der Waals surface area contributed by atoms with E-state index in [2.05, 4.69) is 31.9 Å². The monoisotopic (exact) mass is 424 g/mol. The van der Waals surface area contributed by atoms with Crippen molar-refractivity contribution >= 4 is 31.9 Å². The van der Waals surface area contributed by atoms with E-state index in [1.54, 1.807) is 24.3 Å². The first-order valence-corrected chi connectivity index (χ1v) is 7.51. The Bertz CT molecular complexity index is 496. The van der Waals surface area contributed by atoms with E-state index >= 15 is 0 Å². The molecule has 1 rings (SSSR count). The van der Waals surface area contributed by atoms with Crippen LogP contribution >= 0.6 is 31.9 Å². The van der Waals surface area contributed by atoms with Crippen LogP contribution in [0.4, 0.5) is 0 Å². The number of hydrogen-bond donors (Lipinski definition) is 0. The number of halogens is 2. The largest absolute Gasteiger partial charge is 0.357 e. The van der Waals surface area contributed by atoms with E-state index in [0.717, 1.165) is 5.56 Å². The molecule has 0 saturated carbocycles. The molecular formula is C12H14Br2N2O5. The van der Waals surface area contributed by atoms with E-state index in [9.17, 15) is 20.2 Å². The van der Waals surface area contributed by atoms with Crippen LogP contribution in [-0.4, -0.2) is 24.8 Å². The van der Waals surface area contributed by atoms with Crippen LogP contribution in [0.3, 0.4) is 0 Å². The van der Waals surface area contributed by atoms with Crippen LogP contribution in [0.25, 0.3) is 0 Å². The van der Waals surface area contributed by atoms with Gasteiger partial charge in [-0.05, 0) is 5.56 Å². The van der Waals surface area contributed by atoms with Gasteiger partial charge in [0.25, 0.3) is 0 Å². The first kappa shape index (κ1) is 18.0. The number of alkyl halides is 2. The van der Waals surface area contributed by atoms with Gasteiger partial charge in [0, 0.05) is 55.6 Å². The molecule has 0 fully saturated rings. The predicted molar refractivity (Wildman–Crippen MR) is 83.7 cm³/mol. The highest BCUT2D eigenvalue weighted by Gasteiger charge is 2.60. The van der Waals surface area contributed by atoms with E-state index in [4.69, 9.17) is 4.74 Å². The van der Waals surface area contributed by atoms with Gasteiger partial charge in [-0.25, -0.2) is 0 Å². The van der Waals surface area contributed by atoms with Gasteiger partial charge in [0.2, 0.25) is 6.10 Å². The second kappa shape index (κ2) is 6.80. The van der Waals surface area contributed by atoms with Gasteiger partial charge in [-0.15, -0.1) is 0 Å². The van der Waals surface area contributed by atoms with Crippen LogP contribution in [0.1, 0.15) is 19.4 Å². The number of ether oxygens (including phenoxy) is 1. The Morgan fingerprint density at radius 1 is 1.10 bits per heavy atom. The molecule has 0 heterocycles. The Morgan fingerprint density at radius 3 is 1.90 bits per heavy atom. The second-order valence-corrected chi connectivity index (χ2v) is 7.95. The fourth-order valence-corrected chi connectivity index (χ4v) is 3.19. The quantitative estimate of drug-likeness (QED) is 0.289. The summed E-state index contributed by atoms with van der Waals surface area (Å²) in [5.74, 6) is 0. The summed E-state index contributed by atoms with van der Waals surface area (Å²) >= 11 is 5.86. The average molecular weight is 426 g/mol. The molecule has 0 unspecified atom stereocenters. The lowest BCUT2D eigenvalue weighted by molar-refractivity contribution is -0.591. The molecule has 7 nitrogen and oxygen atoms in total. The minimum atomic E-state index is -1.81. The van der Waals surface area contributed by atoms with Crippen LogP contribution in [0, 0.1) is 20.2 Å². The van der Waals surface area contributed by atoms with Crippen molar-refractivity contribution in [1.29, 1.82) is 0 Å². The molecular weight excluding hydrogens is 412 g/mol. The van der Waals surface area contributed by atoms with E-state index in [1.807, 2.05) is 6.07 Å². The average Bonchev–Trinajstić information content (AvgIpc) is 2.39. The van der Waals surface area contributed by atoms with Crippen molar-refractivity contribution in [2.45, 2.75) is 35.5 Å². The van der Waals surface area contributed by atoms with Crippen LogP contribution in [0.15, 0.2) is 30.3 Å². The molecule has 0 aliphatic heterocycles. The SMILES string of the molecule is C[C@](Br)(C(OCc1ccccc1)[C@](C)(Br)[N+](=O)[O-])[N+](=O)[O-]. The lowest BCUT2D eigenvalue weighted by Crippen LogP contribution is -2.56. The van der Waals surface area contributed by atoms with Gasteiger partial charge in [0.1, 0.15) is 0 Å². The first-order chi connectivity index (χ1) is 9.60. The Morgan fingerprint density at radius 2 is 1.52 bits per heavy atom. The van der Waals surface area contributed by atoms with Crippen molar-refractivity contribution in [2.24, 2.45) is 0 Å². The number of rotatable bonds is 7. The van der Waals surface area contributed by atoms with Gasteiger partial charge in [-0.2, -0.15) is 0 Å². The zero-order chi connectivity index (χ0) is 16.3. The molecule has 0 spiro atoms. The van der Waals surface area contributed by atoms with E-state index in [0.29, 0.717) is 0 Å². The zero-order valence-corrected chi connectivity index (χ0v) is 14.5. The zero-order valence-electron chi connectivity index (χ0n) is 11.4. The van der Waals surface area contributed by atoms with Crippen molar-refractivity contribution in [3.05, 3.63) is 56.1 Å². The molecule has 0 aliphatic carbocycles. The van der Waals surface area contributed by atoms with Crippen LogP contribution < -0.4 is 0 Å². The minimum absolute atomic E-state index is 0.0234. The Balaban J connectivity index is 3.03. The van der Waals surface area contributed by atoms with Gasteiger partial charge in [0.05, 0.1) is 6.61 Å². The summed E-state index contributed by atoms with van der Waals surface area (Å²) in [5.41, 5.74) is 0.765. The van der Waals surface area contributed by atoms with Crippen LogP contribution in [0.5, 0.6) is 0 Å². The van der Waals surface area contributed by atoms with E-state index in [1.165, 1.54) is 13.8 Å². The second-order valence-electron chi connectivity index (χ2n) is 4.74. The first-order valence-electron chi connectivity index (χ1n) is 5.92. The highest BCUT2D eigenvalue weighted by Crippen LogP contribution is 2.38. The number of nitro groups is 2. The third kappa shape index (κ3) is 4.21. The fourth-order valence-electron chi connectivity index (χ4n) is 1.73. The molecule has 1 aromatic rings. The van der Waals surface area contributed by atoms with Crippen LogP contribution in [-0.2, 0) is 11.3 Å². The molecule has 9 heteroatoms. The summed E-state index contributed by atoms with van der Waals surface area (Å²) in [6, 6.07) is 8.93. The molecule has 0 N–H and O–H groups in total. The predicted octanol–water partition coefficient (Wildman–Crippen LogP) is 3.35. The third-order valence-electron chi connectivity index (χ3n) is 2.93. The lowest BCUT2D eigenvalue weighted by Gasteiger charge is -2.30. The van der Waals surface area contributed by atoms with Gasteiger partial charge >= 0.3 is 8.90 Å². The highest BCUT2D eigenvalue weighted by molar-refractivity contribution is 9.10. The summed E-state index contributed by atoms with van der Waals surface area (Å²) < 4.78 is 1.88. The lowest BCUT2D eigenvalue weighted by atomic mass is 10.1. The summed E-state index contributed by atoms with van der Waals surface area (Å²) in [6.07, 6.45) is -1.34. The Hall–Kier alpha value is -1.06. The number of hydrogen-bond acceptors (Lipinski definition) is 5. The maximum atomic E-state index is 11.2. The standard InChI is InChI=1S/C12H14Br2N2O5/c1-11(13,15(17)18)10(12(2,14)16(19)20)21-8-9-6-4-3-5-7-9/h3-7,10H,8H2,1-2H3/t11-,12-/m1/s1. The molecule has 21 heavy (non-hydrogen) atoms. The van der Waals surface area contributed by atoms with Gasteiger partial charge in [-0.1, -0.05) is 30.3 Å². The fraction of sp³-hybridized carbons (Fsp3) is 0.500. The van der Waals surface area contributed by atoms with E-state index in [-0.39, 0.29) is 6.61 Å². The molecule has 2 atom stereocenters. The molecule has 0 amide bonds. The summed E-state index contributed by atoms with van der Waals surface area (Å²) in [7, 11) is 0. The van der Waals surface area contributed by atoms with Crippen molar-refractivity contribution in [3.63, 3.8) is 0 Å². The van der Waals surface area contributed by atoms with Crippen molar-refractivity contribution < 1.29 is 14.6 Å². The maximum Gasteiger partial charge on any atom is 0.305 e. The van der Waals surface area contributed by atoms with E-state index < -0.39 is 24.8 Å². The van der Waals surface area contributed by atoms with Gasteiger partial charge < -0.3 is 4.74 Å². The Kier molecular flexibility index (Phi) is 5.83. The molecule has 0 radical (unpaired) electrons. The summed E-state index contributed by atoms with van der Waals surface area (Å²) in [4.78, 5) is 21.1. The summed E-state index contributed by atoms with van der Waals surface area (Å²) in [5, 5.41) is 22.4. The smallest absolute Gasteiger partial charge is 0.305 e. The molecule has 0 saturated heterocycles. The number of nitrogens with zero attached hydrogens (tertiary/aromatic N) is 2. The maximum absolute atomic E-state index is 11.2. The number of benzene rings is 1. The Labute approximate surface area is 138 Å². The third-order valence-corrected chi connectivity index (χ3v) is 4.34. The highest BCUT2D eigenvalue weighted by atomic mass is 79.9.